The van der Waals surface area contributed by atoms with Crippen LogP contribution < -0.4 is 0 Å². The third-order valence-corrected chi connectivity index (χ3v) is 2.10. The molecular formula is C14H21O2Os-3. The molecule has 0 heterocycles. The summed E-state index contributed by atoms with van der Waals surface area (Å²) in [4.78, 5) is 10.3. The summed E-state index contributed by atoms with van der Waals surface area (Å²) in [5.74, 6) is -0.712. The van der Waals surface area contributed by atoms with Crippen molar-refractivity contribution in [3.8, 4) is 0 Å². The first-order chi connectivity index (χ1) is 6.68. The Morgan fingerprint density at radius 2 is 1.88 bits per heavy atom. The van der Waals surface area contributed by atoms with Crippen LogP contribution in [0, 0.1) is 21.8 Å². The average Bonchev–Trinajstić information content (AvgIpc) is 2.12. The standard InChI is InChI=1S/C12H15O2.2CH3.Os/c1-10-5-4-7-11(9-10)6-2-3-8-12(13)14;;;/h4-5,7,9H,1-3,6,8H2,(H,13,14);2*1H3;/q3*-1;. The molecule has 0 spiro atoms. The number of unbranched alkanes of at least 4 members (excludes halogenated alkanes) is 1. The summed E-state index contributed by atoms with van der Waals surface area (Å²) in [5.41, 5.74) is 2.25. The van der Waals surface area contributed by atoms with E-state index in [1.54, 1.807) is 0 Å². The minimum atomic E-state index is -0.712. The van der Waals surface area contributed by atoms with Gasteiger partial charge in [0, 0.05) is 26.2 Å². The van der Waals surface area contributed by atoms with Crippen molar-refractivity contribution in [1.29, 1.82) is 0 Å². The Kier molecular flexibility index (Phi) is 14.8. The van der Waals surface area contributed by atoms with E-state index < -0.39 is 5.97 Å². The fourth-order valence-electron chi connectivity index (χ4n) is 1.39. The van der Waals surface area contributed by atoms with Crippen LogP contribution in [0.2, 0.25) is 0 Å². The molecular weight excluding hydrogens is 390 g/mol. The molecule has 3 heteroatoms. The summed E-state index contributed by atoms with van der Waals surface area (Å²) in [6.07, 6.45) is 2.88. The quantitative estimate of drug-likeness (QED) is 0.594. The second kappa shape index (κ2) is 11.7. The summed E-state index contributed by atoms with van der Waals surface area (Å²) in [6, 6.07) is 8.03. The summed E-state index contributed by atoms with van der Waals surface area (Å²) in [5, 5.41) is 8.44. The van der Waals surface area contributed by atoms with Crippen LogP contribution in [0.4, 0.5) is 0 Å². The maximum absolute atomic E-state index is 10.3. The summed E-state index contributed by atoms with van der Waals surface area (Å²) < 4.78 is 0. The van der Waals surface area contributed by atoms with Gasteiger partial charge in [-0.25, -0.2) is 0 Å². The van der Waals surface area contributed by atoms with Gasteiger partial charge in [0.15, 0.2) is 0 Å². The van der Waals surface area contributed by atoms with Crippen LogP contribution in [0.5, 0.6) is 0 Å². The van der Waals surface area contributed by atoms with E-state index in [9.17, 15) is 4.79 Å². The molecule has 1 N–H and O–H groups in total. The van der Waals surface area contributed by atoms with Crippen molar-refractivity contribution in [3.05, 3.63) is 57.2 Å². The van der Waals surface area contributed by atoms with Crippen LogP contribution in [0.25, 0.3) is 0 Å². The van der Waals surface area contributed by atoms with E-state index in [0.717, 1.165) is 24.8 Å². The molecule has 0 saturated carbocycles. The zero-order valence-electron chi connectivity index (χ0n) is 10.6. The Morgan fingerprint density at radius 1 is 1.24 bits per heavy atom. The van der Waals surface area contributed by atoms with Gasteiger partial charge in [0.05, 0.1) is 0 Å². The number of aryl methyl sites for hydroxylation is 1. The first-order valence-electron chi connectivity index (χ1n) is 4.81. The number of carboxylic acid groups (broad SMARTS) is 1. The van der Waals surface area contributed by atoms with Gasteiger partial charge < -0.3 is 20.0 Å². The van der Waals surface area contributed by atoms with Gasteiger partial charge in [0.2, 0.25) is 0 Å². The first-order valence-corrected chi connectivity index (χ1v) is 4.81. The van der Waals surface area contributed by atoms with Crippen LogP contribution in [0.15, 0.2) is 24.3 Å². The van der Waals surface area contributed by atoms with Crippen LogP contribution in [0.3, 0.4) is 0 Å². The number of carboxylic acids is 1. The number of carbonyl (C=O) groups is 1. The molecule has 0 aromatic heterocycles. The van der Waals surface area contributed by atoms with Crippen molar-refractivity contribution in [2.24, 2.45) is 0 Å². The van der Waals surface area contributed by atoms with E-state index in [1.165, 1.54) is 5.56 Å². The van der Waals surface area contributed by atoms with Gasteiger partial charge in [0.1, 0.15) is 0 Å². The molecule has 0 amide bonds. The Bertz CT molecular complexity index is 311. The number of hydrogen-bond acceptors (Lipinski definition) is 1. The molecule has 100 valence electrons. The second-order valence-electron chi connectivity index (χ2n) is 3.42. The zero-order chi connectivity index (χ0) is 10.4. The Hall–Kier alpha value is -0.804. The third kappa shape index (κ3) is 10.1. The molecule has 1 aromatic rings. The van der Waals surface area contributed by atoms with Crippen molar-refractivity contribution in [3.63, 3.8) is 0 Å². The number of aliphatic carboxylic acids is 1. The number of benzene rings is 1. The van der Waals surface area contributed by atoms with Crippen LogP contribution in [0.1, 0.15) is 30.4 Å². The Labute approximate surface area is 118 Å². The normalized spacial score (nSPS) is 8.24. The topological polar surface area (TPSA) is 37.3 Å². The molecule has 1 aromatic carbocycles. The van der Waals surface area contributed by atoms with Crippen molar-refractivity contribution in [2.45, 2.75) is 25.7 Å². The minimum Gasteiger partial charge on any atom is -0.481 e. The van der Waals surface area contributed by atoms with E-state index >= 15 is 0 Å². The average molecular weight is 412 g/mol. The molecule has 0 unspecified atom stereocenters. The smallest absolute Gasteiger partial charge is 0.303 e. The summed E-state index contributed by atoms with van der Waals surface area (Å²) >= 11 is 0. The summed E-state index contributed by atoms with van der Waals surface area (Å²) in [6.45, 7) is 3.84. The van der Waals surface area contributed by atoms with Gasteiger partial charge in [-0.05, 0) is 19.3 Å². The van der Waals surface area contributed by atoms with Gasteiger partial charge >= 0.3 is 5.97 Å². The maximum Gasteiger partial charge on any atom is 0.303 e. The van der Waals surface area contributed by atoms with Crippen LogP contribution >= 0.6 is 0 Å². The minimum absolute atomic E-state index is 0. The molecule has 1 rings (SSSR count). The van der Waals surface area contributed by atoms with E-state index in [4.69, 9.17) is 5.11 Å². The van der Waals surface area contributed by atoms with Gasteiger partial charge in [-0.3, -0.25) is 4.79 Å². The first kappa shape index (κ1) is 21.5. The van der Waals surface area contributed by atoms with Crippen molar-refractivity contribution >= 4 is 5.97 Å². The predicted octanol–water partition coefficient (Wildman–Crippen LogP) is 3.56. The molecule has 0 aliphatic heterocycles. The number of hydrogen-bond donors (Lipinski definition) is 1. The van der Waals surface area contributed by atoms with Crippen molar-refractivity contribution in [1.82, 2.24) is 0 Å². The van der Waals surface area contributed by atoms with Crippen molar-refractivity contribution < 1.29 is 29.7 Å². The Morgan fingerprint density at radius 3 is 2.41 bits per heavy atom. The predicted molar refractivity (Wildman–Crippen MR) is 68.9 cm³/mol. The molecule has 17 heavy (non-hydrogen) atoms. The fourth-order valence-corrected chi connectivity index (χ4v) is 1.39. The summed E-state index contributed by atoms with van der Waals surface area (Å²) in [7, 11) is 0. The molecule has 0 bridgehead atoms. The van der Waals surface area contributed by atoms with Gasteiger partial charge in [0.25, 0.3) is 0 Å². The van der Waals surface area contributed by atoms with Crippen molar-refractivity contribution in [2.75, 3.05) is 0 Å². The van der Waals surface area contributed by atoms with E-state index in [2.05, 4.69) is 13.0 Å². The van der Waals surface area contributed by atoms with E-state index in [-0.39, 0.29) is 41.1 Å². The third-order valence-electron chi connectivity index (χ3n) is 2.10. The molecule has 0 aliphatic rings. The van der Waals surface area contributed by atoms with E-state index in [0.29, 0.717) is 0 Å². The molecule has 0 aliphatic carbocycles. The monoisotopic (exact) mass is 413 g/mol. The fraction of sp³-hybridized carbons (Fsp3) is 0.286. The SMILES string of the molecule is [CH2-]c1cccc(CCCCC(=O)O)c1.[CH3-].[CH3-].[Os]. The van der Waals surface area contributed by atoms with Gasteiger partial charge in [-0.2, -0.15) is 24.6 Å². The van der Waals surface area contributed by atoms with Gasteiger partial charge in [-0.1, -0.05) is 6.07 Å². The molecule has 0 atom stereocenters. The zero-order valence-corrected chi connectivity index (χ0v) is 13.1. The molecule has 2 nitrogen and oxygen atoms in total. The molecule has 0 radical (unpaired) electrons. The van der Waals surface area contributed by atoms with Crippen LogP contribution in [-0.4, -0.2) is 11.1 Å². The largest absolute Gasteiger partial charge is 0.481 e. The number of rotatable bonds is 5. The molecule has 0 saturated heterocycles. The second-order valence-corrected chi connectivity index (χ2v) is 3.42. The van der Waals surface area contributed by atoms with Crippen LogP contribution in [-0.2, 0) is 31.0 Å². The van der Waals surface area contributed by atoms with Gasteiger partial charge in [-0.15, -0.1) is 11.6 Å². The Balaban J connectivity index is -0.000000653. The maximum atomic E-state index is 10.3. The molecule has 0 fully saturated rings. The van der Waals surface area contributed by atoms with E-state index in [1.807, 2.05) is 18.2 Å².